The minimum absolute atomic E-state index is 0.0309. The zero-order valence-electron chi connectivity index (χ0n) is 12.2. The van der Waals surface area contributed by atoms with Crippen molar-refractivity contribution in [3.8, 4) is 0 Å². The van der Waals surface area contributed by atoms with Gasteiger partial charge in [-0.3, -0.25) is 4.79 Å². The fraction of sp³-hybridized carbons (Fsp3) is 0.533. The molecule has 4 heteroatoms. The van der Waals surface area contributed by atoms with Crippen molar-refractivity contribution < 1.29 is 9.90 Å². The zero-order chi connectivity index (χ0) is 14.6. The van der Waals surface area contributed by atoms with Crippen molar-refractivity contribution >= 4 is 11.6 Å². The number of hydrogen-bond donors (Lipinski definition) is 2. The average molecular weight is 264 g/mol. The lowest BCUT2D eigenvalue weighted by atomic mass is 9.95. The maximum absolute atomic E-state index is 12.2. The van der Waals surface area contributed by atoms with Crippen molar-refractivity contribution in [2.45, 2.75) is 38.6 Å². The van der Waals surface area contributed by atoms with Crippen LogP contribution in [0.3, 0.4) is 0 Å². The Morgan fingerprint density at radius 1 is 1.37 bits per heavy atom. The van der Waals surface area contributed by atoms with Crippen LogP contribution in [0.2, 0.25) is 0 Å². The topological polar surface area (TPSA) is 66.6 Å². The van der Waals surface area contributed by atoms with Crippen molar-refractivity contribution in [1.82, 2.24) is 4.90 Å². The summed E-state index contributed by atoms with van der Waals surface area (Å²) in [7, 11) is 1.73. The Morgan fingerprint density at radius 2 is 1.89 bits per heavy atom. The first kappa shape index (κ1) is 15.5. The van der Waals surface area contributed by atoms with E-state index in [1.54, 1.807) is 11.9 Å². The van der Waals surface area contributed by atoms with Gasteiger partial charge in [0.05, 0.1) is 12.1 Å². The van der Waals surface area contributed by atoms with Gasteiger partial charge in [0.15, 0.2) is 0 Å². The zero-order valence-corrected chi connectivity index (χ0v) is 12.2. The van der Waals surface area contributed by atoms with Gasteiger partial charge in [-0.1, -0.05) is 19.1 Å². The minimum atomic E-state index is -0.530. The van der Waals surface area contributed by atoms with Crippen molar-refractivity contribution in [3.63, 3.8) is 0 Å². The third kappa shape index (κ3) is 3.96. The Hall–Kier alpha value is -1.55. The maximum Gasteiger partial charge on any atom is 0.223 e. The van der Waals surface area contributed by atoms with Gasteiger partial charge in [0.25, 0.3) is 0 Å². The molecule has 0 radical (unpaired) electrons. The monoisotopic (exact) mass is 264 g/mol. The average Bonchev–Trinajstić information content (AvgIpc) is 2.38. The Labute approximate surface area is 115 Å². The van der Waals surface area contributed by atoms with Crippen LogP contribution in [0.15, 0.2) is 24.3 Å². The molecule has 1 aromatic rings. The molecule has 0 aliphatic heterocycles. The summed E-state index contributed by atoms with van der Waals surface area (Å²) in [4.78, 5) is 13.8. The molecule has 3 N–H and O–H groups in total. The van der Waals surface area contributed by atoms with Crippen LogP contribution in [0.4, 0.5) is 5.69 Å². The molecule has 0 fully saturated rings. The van der Waals surface area contributed by atoms with Crippen LogP contribution >= 0.6 is 0 Å². The van der Waals surface area contributed by atoms with Crippen LogP contribution in [0.5, 0.6) is 0 Å². The number of carbonyl (C=O) groups excluding carboxylic acids is 1. The van der Waals surface area contributed by atoms with Crippen molar-refractivity contribution in [3.05, 3.63) is 29.8 Å². The Balaban J connectivity index is 2.69. The number of aliphatic hydroxyl groups excluding tert-OH is 1. The number of likely N-dealkylation sites (N-methyl/N-ethyl adjacent to an activating group) is 1. The maximum atomic E-state index is 12.2. The first-order valence-electron chi connectivity index (χ1n) is 6.51. The van der Waals surface area contributed by atoms with Gasteiger partial charge in [-0.25, -0.2) is 0 Å². The number of aliphatic hydroxyl groups is 1. The van der Waals surface area contributed by atoms with E-state index in [0.29, 0.717) is 6.42 Å². The summed E-state index contributed by atoms with van der Waals surface area (Å²) in [5, 5.41) is 9.29. The molecule has 0 aliphatic rings. The molecule has 0 aliphatic carbocycles. The summed E-state index contributed by atoms with van der Waals surface area (Å²) in [6.07, 6.45) is 0.420. The second-order valence-corrected chi connectivity index (χ2v) is 5.70. The molecule has 0 saturated heterocycles. The lowest BCUT2D eigenvalue weighted by Gasteiger charge is -2.34. The van der Waals surface area contributed by atoms with E-state index in [1.807, 2.05) is 45.0 Å². The van der Waals surface area contributed by atoms with E-state index in [4.69, 9.17) is 5.73 Å². The number of nitrogens with zero attached hydrogens (tertiary/aromatic N) is 1. The molecule has 0 bridgehead atoms. The molecule has 106 valence electrons. The minimum Gasteiger partial charge on any atom is -0.399 e. The van der Waals surface area contributed by atoms with Crippen molar-refractivity contribution in [1.29, 1.82) is 0 Å². The molecule has 1 unspecified atom stereocenters. The van der Waals surface area contributed by atoms with Gasteiger partial charge >= 0.3 is 0 Å². The number of amides is 1. The highest BCUT2D eigenvalue weighted by Crippen LogP contribution is 2.22. The fourth-order valence-electron chi connectivity index (χ4n) is 1.78. The SMILES string of the molecule is CC(CC(=O)N(C)C(C)(C)CO)c1ccc(N)cc1. The molecule has 1 rings (SSSR count). The first-order valence-corrected chi connectivity index (χ1v) is 6.51. The van der Waals surface area contributed by atoms with Gasteiger partial charge in [0.2, 0.25) is 5.91 Å². The van der Waals surface area contributed by atoms with Gasteiger partial charge in [0.1, 0.15) is 0 Å². The van der Waals surface area contributed by atoms with Crippen LogP contribution in [0.1, 0.15) is 38.7 Å². The number of nitrogens with two attached hydrogens (primary N) is 1. The number of rotatable bonds is 5. The highest BCUT2D eigenvalue weighted by Gasteiger charge is 2.27. The second kappa shape index (κ2) is 6.06. The van der Waals surface area contributed by atoms with Gasteiger partial charge in [-0.2, -0.15) is 0 Å². The van der Waals surface area contributed by atoms with E-state index in [2.05, 4.69) is 0 Å². The third-order valence-corrected chi connectivity index (χ3v) is 3.66. The molecule has 0 aromatic heterocycles. The molecular formula is C15H24N2O2. The molecule has 0 saturated carbocycles. The molecule has 0 heterocycles. The van der Waals surface area contributed by atoms with Gasteiger partial charge in [0, 0.05) is 19.2 Å². The first-order chi connectivity index (χ1) is 8.77. The summed E-state index contributed by atoms with van der Waals surface area (Å²) in [5.41, 5.74) is 6.94. The largest absolute Gasteiger partial charge is 0.399 e. The fourth-order valence-corrected chi connectivity index (χ4v) is 1.78. The predicted molar refractivity (Wildman–Crippen MR) is 77.8 cm³/mol. The van der Waals surface area contributed by atoms with E-state index >= 15 is 0 Å². The van der Waals surface area contributed by atoms with Gasteiger partial charge in [-0.05, 0) is 37.5 Å². The Bertz CT molecular complexity index is 426. The highest BCUT2D eigenvalue weighted by molar-refractivity contribution is 5.77. The van der Waals surface area contributed by atoms with Crippen LogP contribution in [-0.4, -0.2) is 35.1 Å². The van der Waals surface area contributed by atoms with Crippen LogP contribution < -0.4 is 5.73 Å². The molecule has 0 spiro atoms. The number of benzene rings is 1. The number of carbonyl (C=O) groups is 1. The van der Waals surface area contributed by atoms with Crippen LogP contribution in [-0.2, 0) is 4.79 Å². The Kier molecular flexibility index (Phi) is 4.95. The van der Waals surface area contributed by atoms with Gasteiger partial charge in [-0.15, -0.1) is 0 Å². The van der Waals surface area contributed by atoms with Crippen LogP contribution in [0, 0.1) is 0 Å². The van der Waals surface area contributed by atoms with Crippen molar-refractivity contribution in [2.75, 3.05) is 19.4 Å². The lowest BCUT2D eigenvalue weighted by Crippen LogP contribution is -2.47. The predicted octanol–water partition coefficient (Wildman–Crippen LogP) is 1.99. The van der Waals surface area contributed by atoms with E-state index in [9.17, 15) is 9.90 Å². The summed E-state index contributed by atoms with van der Waals surface area (Å²) < 4.78 is 0. The number of hydrogen-bond acceptors (Lipinski definition) is 3. The standard InChI is InChI=1S/C15H24N2O2/c1-11(12-5-7-13(16)8-6-12)9-14(19)17(4)15(2,3)10-18/h5-8,11,18H,9-10,16H2,1-4H3. The van der Waals surface area contributed by atoms with Crippen molar-refractivity contribution in [2.24, 2.45) is 0 Å². The third-order valence-electron chi connectivity index (χ3n) is 3.66. The molecule has 1 atom stereocenters. The lowest BCUT2D eigenvalue weighted by molar-refractivity contribution is -0.136. The van der Waals surface area contributed by atoms with Crippen LogP contribution in [0.25, 0.3) is 0 Å². The summed E-state index contributed by atoms with van der Waals surface area (Å²) in [6, 6.07) is 7.59. The summed E-state index contributed by atoms with van der Waals surface area (Å²) >= 11 is 0. The van der Waals surface area contributed by atoms with E-state index in [0.717, 1.165) is 11.3 Å². The molecule has 4 nitrogen and oxygen atoms in total. The number of anilines is 1. The smallest absolute Gasteiger partial charge is 0.223 e. The summed E-state index contributed by atoms with van der Waals surface area (Å²) in [5.74, 6) is 0.161. The molecule has 19 heavy (non-hydrogen) atoms. The normalized spacial score (nSPS) is 13.1. The molecule has 1 aromatic carbocycles. The van der Waals surface area contributed by atoms with Gasteiger partial charge < -0.3 is 15.7 Å². The summed E-state index contributed by atoms with van der Waals surface area (Å²) in [6.45, 7) is 5.66. The Morgan fingerprint density at radius 3 is 2.37 bits per heavy atom. The highest BCUT2D eigenvalue weighted by atomic mass is 16.3. The number of nitrogen functional groups attached to an aromatic ring is 1. The molecular weight excluding hydrogens is 240 g/mol. The van der Waals surface area contributed by atoms with E-state index < -0.39 is 5.54 Å². The molecule has 1 amide bonds. The quantitative estimate of drug-likeness (QED) is 0.799. The van der Waals surface area contributed by atoms with E-state index in [1.165, 1.54) is 0 Å². The van der Waals surface area contributed by atoms with E-state index in [-0.39, 0.29) is 18.4 Å². The second-order valence-electron chi connectivity index (χ2n) is 5.70.